The van der Waals surface area contributed by atoms with Crippen molar-refractivity contribution >= 4 is 17.8 Å². The Morgan fingerprint density at radius 3 is 2.37 bits per heavy atom. The Hall–Kier alpha value is -2.61. The number of rotatable bonds is 13. The highest BCUT2D eigenvalue weighted by molar-refractivity contribution is 5.97. The number of nitrogens with zero attached hydrogens (tertiary/aromatic N) is 1. The van der Waals surface area contributed by atoms with Crippen molar-refractivity contribution in [3.8, 4) is 0 Å². The van der Waals surface area contributed by atoms with Gasteiger partial charge in [0.25, 0.3) is 5.91 Å². The van der Waals surface area contributed by atoms with Crippen LogP contribution in [0.4, 0.5) is 0 Å². The largest absolute Gasteiger partial charge is 0.370 e. The fraction of sp³-hybridized carbons (Fsp3) is 0.526. The van der Waals surface area contributed by atoms with Gasteiger partial charge in [-0.05, 0) is 44.4 Å². The van der Waals surface area contributed by atoms with Crippen molar-refractivity contribution in [2.24, 2.45) is 22.2 Å². The van der Waals surface area contributed by atoms with Gasteiger partial charge in [0.15, 0.2) is 5.96 Å². The van der Waals surface area contributed by atoms with Gasteiger partial charge in [-0.25, -0.2) is 0 Å². The van der Waals surface area contributed by atoms with Crippen LogP contribution < -0.4 is 27.8 Å². The molecule has 1 aromatic carbocycles. The molecule has 8 heteroatoms. The number of carbonyl (C=O) groups is 2. The van der Waals surface area contributed by atoms with E-state index in [1.54, 1.807) is 24.3 Å². The van der Waals surface area contributed by atoms with Crippen LogP contribution in [0.2, 0.25) is 0 Å². The minimum absolute atomic E-state index is 0.0156. The number of carbonyl (C=O) groups excluding carboxylic acids is 2. The number of hydrogen-bond donors (Lipinski definition) is 5. The summed E-state index contributed by atoms with van der Waals surface area (Å²) >= 11 is 0. The van der Waals surface area contributed by atoms with Crippen molar-refractivity contribution in [1.29, 1.82) is 0 Å². The molecule has 0 saturated carbocycles. The topological polar surface area (TPSA) is 149 Å². The first kappa shape index (κ1) is 22.4. The monoisotopic (exact) mass is 376 g/mol. The zero-order valence-corrected chi connectivity index (χ0v) is 15.8. The van der Waals surface area contributed by atoms with Crippen LogP contribution in [0.1, 0.15) is 48.9 Å². The molecule has 0 aliphatic heterocycles. The first-order valence-electron chi connectivity index (χ1n) is 9.43. The lowest BCUT2D eigenvalue weighted by atomic mass is 10.1. The zero-order valence-electron chi connectivity index (χ0n) is 15.8. The van der Waals surface area contributed by atoms with E-state index < -0.39 is 6.04 Å². The minimum atomic E-state index is -0.629. The smallest absolute Gasteiger partial charge is 0.251 e. The third kappa shape index (κ3) is 10.2. The van der Waals surface area contributed by atoms with Gasteiger partial charge in [0, 0.05) is 18.7 Å². The highest BCUT2D eigenvalue weighted by Crippen LogP contribution is 2.04. The summed E-state index contributed by atoms with van der Waals surface area (Å²) in [6.45, 7) is 1.68. The molecule has 27 heavy (non-hydrogen) atoms. The maximum absolute atomic E-state index is 12.5. The van der Waals surface area contributed by atoms with Gasteiger partial charge in [0.2, 0.25) is 5.91 Å². The maximum atomic E-state index is 12.5. The van der Waals surface area contributed by atoms with Crippen molar-refractivity contribution in [3.05, 3.63) is 35.9 Å². The predicted molar refractivity (Wildman–Crippen MR) is 108 cm³/mol. The van der Waals surface area contributed by atoms with Crippen molar-refractivity contribution in [1.82, 2.24) is 10.6 Å². The number of amides is 2. The van der Waals surface area contributed by atoms with Crippen LogP contribution in [-0.4, -0.2) is 43.5 Å². The Balaban J connectivity index is 2.54. The number of guanidine groups is 1. The second-order valence-corrected chi connectivity index (χ2v) is 6.33. The summed E-state index contributed by atoms with van der Waals surface area (Å²) in [6, 6.07) is 8.19. The molecule has 0 radical (unpaired) electrons. The molecule has 150 valence electrons. The van der Waals surface area contributed by atoms with Crippen molar-refractivity contribution in [2.75, 3.05) is 19.6 Å². The fourth-order valence-corrected chi connectivity index (χ4v) is 2.56. The van der Waals surface area contributed by atoms with Crippen LogP contribution in [0.5, 0.6) is 0 Å². The van der Waals surface area contributed by atoms with E-state index in [2.05, 4.69) is 15.6 Å². The van der Waals surface area contributed by atoms with Gasteiger partial charge in [-0.1, -0.05) is 31.0 Å². The van der Waals surface area contributed by atoms with Gasteiger partial charge in [0.05, 0.1) is 0 Å². The Kier molecular flexibility index (Phi) is 11.3. The number of unbranched alkanes of at least 4 members (excludes halogenated alkanes) is 3. The molecule has 0 bridgehead atoms. The summed E-state index contributed by atoms with van der Waals surface area (Å²) in [5, 5.41) is 5.70. The Morgan fingerprint density at radius 2 is 1.70 bits per heavy atom. The van der Waals surface area contributed by atoms with E-state index in [4.69, 9.17) is 17.2 Å². The second-order valence-electron chi connectivity index (χ2n) is 6.33. The number of nitrogens with two attached hydrogens (primary N) is 3. The molecule has 0 heterocycles. The summed E-state index contributed by atoms with van der Waals surface area (Å²) in [6.07, 6.45) is 4.99. The van der Waals surface area contributed by atoms with Gasteiger partial charge in [0.1, 0.15) is 6.04 Å². The highest BCUT2D eigenvalue weighted by atomic mass is 16.2. The van der Waals surface area contributed by atoms with E-state index in [1.807, 2.05) is 6.07 Å². The van der Waals surface area contributed by atoms with E-state index >= 15 is 0 Å². The van der Waals surface area contributed by atoms with E-state index in [-0.39, 0.29) is 17.8 Å². The normalized spacial score (nSPS) is 11.4. The molecule has 0 aliphatic carbocycles. The molecular weight excluding hydrogens is 344 g/mol. The fourth-order valence-electron chi connectivity index (χ4n) is 2.56. The van der Waals surface area contributed by atoms with Crippen LogP contribution in [0, 0.1) is 0 Å². The molecule has 8 nitrogen and oxygen atoms in total. The van der Waals surface area contributed by atoms with Crippen LogP contribution in [0.3, 0.4) is 0 Å². The molecule has 8 N–H and O–H groups in total. The molecule has 1 rings (SSSR count). The van der Waals surface area contributed by atoms with E-state index in [0.29, 0.717) is 38.0 Å². The molecule has 0 saturated heterocycles. The Labute approximate surface area is 161 Å². The van der Waals surface area contributed by atoms with E-state index in [9.17, 15) is 9.59 Å². The molecular formula is C19H32N6O2. The van der Waals surface area contributed by atoms with Crippen LogP contribution in [0.25, 0.3) is 0 Å². The van der Waals surface area contributed by atoms with Gasteiger partial charge in [-0.2, -0.15) is 0 Å². The maximum Gasteiger partial charge on any atom is 0.251 e. The molecule has 0 fully saturated rings. The lowest BCUT2D eigenvalue weighted by Gasteiger charge is -2.18. The number of benzene rings is 1. The Morgan fingerprint density at radius 1 is 1.00 bits per heavy atom. The van der Waals surface area contributed by atoms with E-state index in [0.717, 1.165) is 25.7 Å². The summed E-state index contributed by atoms with van der Waals surface area (Å²) in [5.74, 6) is -0.454. The minimum Gasteiger partial charge on any atom is -0.370 e. The van der Waals surface area contributed by atoms with Gasteiger partial charge in [-0.3, -0.25) is 14.6 Å². The molecule has 2 amide bonds. The van der Waals surface area contributed by atoms with E-state index in [1.165, 1.54) is 0 Å². The number of nitrogens with one attached hydrogen (secondary N) is 2. The van der Waals surface area contributed by atoms with Crippen molar-refractivity contribution in [3.63, 3.8) is 0 Å². The quantitative estimate of drug-likeness (QED) is 0.193. The van der Waals surface area contributed by atoms with Crippen molar-refractivity contribution < 1.29 is 9.59 Å². The molecule has 1 atom stereocenters. The molecule has 1 aromatic rings. The SMILES string of the molecule is NCCCCCCNC(=O)[C@H](CCCN=C(N)N)NC(=O)c1ccccc1. The second kappa shape index (κ2) is 13.6. The summed E-state index contributed by atoms with van der Waals surface area (Å²) < 4.78 is 0. The predicted octanol–water partition coefficient (Wildman–Crippen LogP) is 0.474. The third-order valence-corrected chi connectivity index (χ3v) is 4.03. The number of hydrogen-bond acceptors (Lipinski definition) is 4. The zero-order chi connectivity index (χ0) is 19.9. The van der Waals surface area contributed by atoms with Crippen molar-refractivity contribution in [2.45, 2.75) is 44.6 Å². The molecule has 0 aromatic heterocycles. The highest BCUT2D eigenvalue weighted by Gasteiger charge is 2.20. The molecule has 0 spiro atoms. The Bertz CT molecular complexity index is 587. The lowest BCUT2D eigenvalue weighted by molar-refractivity contribution is -0.123. The first-order chi connectivity index (χ1) is 13.0. The van der Waals surface area contributed by atoms with Crippen LogP contribution in [-0.2, 0) is 4.79 Å². The summed E-state index contributed by atoms with van der Waals surface area (Å²) in [4.78, 5) is 28.8. The van der Waals surface area contributed by atoms with Crippen LogP contribution >= 0.6 is 0 Å². The lowest BCUT2D eigenvalue weighted by Crippen LogP contribution is -2.47. The van der Waals surface area contributed by atoms with Gasteiger partial charge >= 0.3 is 0 Å². The molecule has 0 unspecified atom stereocenters. The standard InChI is InChI=1S/C19H32N6O2/c20-12-6-1-2-7-13-23-18(27)16(11-8-14-24-19(21)22)25-17(26)15-9-4-3-5-10-15/h3-5,9-10,16H,1-2,6-8,11-14,20H2,(H,23,27)(H,25,26)(H4,21,22,24)/t16-/m0/s1. The third-order valence-electron chi connectivity index (χ3n) is 4.03. The number of aliphatic imine (C=N–C) groups is 1. The summed E-state index contributed by atoms with van der Waals surface area (Å²) in [5.41, 5.74) is 16.6. The van der Waals surface area contributed by atoms with Gasteiger partial charge < -0.3 is 27.8 Å². The van der Waals surface area contributed by atoms with Gasteiger partial charge in [-0.15, -0.1) is 0 Å². The first-order valence-corrected chi connectivity index (χ1v) is 9.43. The summed E-state index contributed by atoms with van der Waals surface area (Å²) in [7, 11) is 0. The molecule has 0 aliphatic rings. The van der Waals surface area contributed by atoms with Crippen LogP contribution in [0.15, 0.2) is 35.3 Å². The average molecular weight is 377 g/mol. The average Bonchev–Trinajstić information content (AvgIpc) is 2.67.